The Kier molecular flexibility index (Phi) is 6.82. The van der Waals surface area contributed by atoms with E-state index in [1.807, 2.05) is 30.5 Å². The zero-order valence-corrected chi connectivity index (χ0v) is 15.9. The largest absolute Gasteiger partial charge is 0.493 e. The highest BCUT2D eigenvalue weighted by Gasteiger charge is 2.21. The SMILES string of the molecule is COc1cc(C#N)ccc1OCC(=O)NC1CCN(Cc2ccccn2)CC1. The van der Waals surface area contributed by atoms with Crippen LogP contribution in [0.25, 0.3) is 0 Å². The van der Waals surface area contributed by atoms with Gasteiger partial charge in [-0.2, -0.15) is 5.26 Å². The van der Waals surface area contributed by atoms with Crippen LogP contribution in [0.1, 0.15) is 24.1 Å². The Morgan fingerprint density at radius 2 is 2.11 bits per heavy atom. The third-order valence-electron chi connectivity index (χ3n) is 4.72. The van der Waals surface area contributed by atoms with Gasteiger partial charge in [0.1, 0.15) is 0 Å². The number of pyridine rings is 1. The third kappa shape index (κ3) is 5.44. The molecule has 1 amide bonds. The first-order valence-corrected chi connectivity index (χ1v) is 9.30. The smallest absolute Gasteiger partial charge is 0.258 e. The maximum Gasteiger partial charge on any atom is 0.258 e. The number of piperidine rings is 1. The highest BCUT2D eigenvalue weighted by Crippen LogP contribution is 2.27. The lowest BCUT2D eigenvalue weighted by molar-refractivity contribution is -0.124. The molecule has 2 aromatic rings. The zero-order chi connectivity index (χ0) is 19.8. The quantitative estimate of drug-likeness (QED) is 0.792. The molecule has 0 aliphatic carbocycles. The molecule has 7 heteroatoms. The number of carbonyl (C=O) groups excluding carboxylic acids is 1. The number of nitrogens with one attached hydrogen (secondary N) is 1. The molecular weight excluding hydrogens is 356 g/mol. The Hall–Kier alpha value is -3.11. The summed E-state index contributed by atoms with van der Waals surface area (Å²) in [7, 11) is 1.50. The summed E-state index contributed by atoms with van der Waals surface area (Å²) in [5, 5.41) is 12.0. The minimum absolute atomic E-state index is 0.0869. The number of nitrogens with zero attached hydrogens (tertiary/aromatic N) is 3. The molecule has 1 fully saturated rings. The summed E-state index contributed by atoms with van der Waals surface area (Å²) in [6.07, 6.45) is 3.61. The van der Waals surface area contributed by atoms with E-state index >= 15 is 0 Å². The number of likely N-dealkylation sites (tertiary alicyclic amines) is 1. The van der Waals surface area contributed by atoms with Crippen molar-refractivity contribution < 1.29 is 14.3 Å². The van der Waals surface area contributed by atoms with Crippen LogP contribution in [0.5, 0.6) is 11.5 Å². The van der Waals surface area contributed by atoms with Gasteiger partial charge in [0.05, 0.1) is 24.4 Å². The predicted octanol–water partition coefficient (Wildman–Crippen LogP) is 2.12. The number of nitriles is 1. The Bertz CT molecular complexity index is 827. The lowest BCUT2D eigenvalue weighted by atomic mass is 10.0. The van der Waals surface area contributed by atoms with Gasteiger partial charge in [-0.1, -0.05) is 6.07 Å². The van der Waals surface area contributed by atoms with Crippen molar-refractivity contribution in [2.75, 3.05) is 26.8 Å². The van der Waals surface area contributed by atoms with E-state index < -0.39 is 0 Å². The van der Waals surface area contributed by atoms with Gasteiger partial charge in [0, 0.05) is 37.9 Å². The molecule has 28 heavy (non-hydrogen) atoms. The standard InChI is InChI=1S/C21H24N4O3/c1-27-20-12-16(13-22)5-6-19(20)28-15-21(26)24-17-7-10-25(11-8-17)14-18-4-2-3-9-23-18/h2-6,9,12,17H,7-8,10-11,14-15H2,1H3,(H,24,26). The second-order valence-corrected chi connectivity index (χ2v) is 6.71. The predicted molar refractivity (Wildman–Crippen MR) is 104 cm³/mol. The minimum Gasteiger partial charge on any atom is -0.493 e. The summed E-state index contributed by atoms with van der Waals surface area (Å²) >= 11 is 0. The molecule has 0 atom stereocenters. The molecule has 0 bridgehead atoms. The van der Waals surface area contributed by atoms with Crippen LogP contribution in [0.4, 0.5) is 0 Å². The van der Waals surface area contributed by atoms with Crippen LogP contribution in [0.2, 0.25) is 0 Å². The van der Waals surface area contributed by atoms with E-state index in [4.69, 9.17) is 14.7 Å². The fourth-order valence-electron chi connectivity index (χ4n) is 3.23. The number of amides is 1. The van der Waals surface area contributed by atoms with E-state index in [1.54, 1.807) is 18.2 Å². The molecule has 0 radical (unpaired) electrons. The molecule has 7 nitrogen and oxygen atoms in total. The topological polar surface area (TPSA) is 87.5 Å². The molecule has 0 unspecified atom stereocenters. The summed E-state index contributed by atoms with van der Waals surface area (Å²) in [6, 6.07) is 13.0. The summed E-state index contributed by atoms with van der Waals surface area (Å²) in [4.78, 5) is 18.9. The number of ether oxygens (including phenoxy) is 2. The maximum absolute atomic E-state index is 12.2. The van der Waals surface area contributed by atoms with Crippen LogP contribution in [0.15, 0.2) is 42.6 Å². The summed E-state index contributed by atoms with van der Waals surface area (Å²) in [5.74, 6) is 0.728. The van der Waals surface area contributed by atoms with Crippen molar-refractivity contribution in [2.24, 2.45) is 0 Å². The van der Waals surface area contributed by atoms with Gasteiger partial charge in [0.15, 0.2) is 18.1 Å². The van der Waals surface area contributed by atoms with Gasteiger partial charge in [0.2, 0.25) is 0 Å². The second kappa shape index (κ2) is 9.72. The monoisotopic (exact) mass is 380 g/mol. The van der Waals surface area contributed by atoms with Gasteiger partial charge < -0.3 is 14.8 Å². The molecule has 146 valence electrons. The van der Waals surface area contributed by atoms with Crippen molar-refractivity contribution in [2.45, 2.75) is 25.4 Å². The maximum atomic E-state index is 12.2. The average Bonchev–Trinajstić information content (AvgIpc) is 2.74. The highest BCUT2D eigenvalue weighted by atomic mass is 16.5. The van der Waals surface area contributed by atoms with Gasteiger partial charge in [-0.3, -0.25) is 14.7 Å². The van der Waals surface area contributed by atoms with Crippen LogP contribution < -0.4 is 14.8 Å². The van der Waals surface area contributed by atoms with Crippen LogP contribution in [-0.4, -0.2) is 48.6 Å². The van der Waals surface area contributed by atoms with Gasteiger partial charge >= 0.3 is 0 Å². The first-order valence-electron chi connectivity index (χ1n) is 9.30. The Labute approximate surface area is 164 Å². The lowest BCUT2D eigenvalue weighted by Crippen LogP contribution is -2.45. The van der Waals surface area contributed by atoms with E-state index in [2.05, 4.69) is 15.2 Å². The summed E-state index contributed by atoms with van der Waals surface area (Å²) in [5.41, 5.74) is 1.54. The Balaban J connectivity index is 1.42. The molecule has 0 spiro atoms. The zero-order valence-electron chi connectivity index (χ0n) is 15.9. The fraction of sp³-hybridized carbons (Fsp3) is 0.381. The van der Waals surface area contributed by atoms with Crippen molar-refractivity contribution in [3.63, 3.8) is 0 Å². The molecule has 1 aromatic heterocycles. The highest BCUT2D eigenvalue weighted by molar-refractivity contribution is 5.78. The Morgan fingerprint density at radius 1 is 1.29 bits per heavy atom. The van der Waals surface area contributed by atoms with Crippen molar-refractivity contribution in [1.29, 1.82) is 5.26 Å². The van der Waals surface area contributed by atoms with Gasteiger partial charge in [0.25, 0.3) is 5.91 Å². The molecule has 1 saturated heterocycles. The van der Waals surface area contributed by atoms with E-state index in [1.165, 1.54) is 7.11 Å². The van der Waals surface area contributed by atoms with E-state index in [9.17, 15) is 4.79 Å². The van der Waals surface area contributed by atoms with Crippen molar-refractivity contribution >= 4 is 5.91 Å². The van der Waals surface area contributed by atoms with E-state index in [0.717, 1.165) is 38.2 Å². The molecule has 1 aromatic carbocycles. The van der Waals surface area contributed by atoms with Crippen LogP contribution >= 0.6 is 0 Å². The number of rotatable bonds is 7. The molecule has 3 rings (SSSR count). The lowest BCUT2D eigenvalue weighted by Gasteiger charge is -2.32. The average molecular weight is 380 g/mol. The molecule has 2 heterocycles. The van der Waals surface area contributed by atoms with E-state index in [0.29, 0.717) is 17.1 Å². The molecule has 0 saturated carbocycles. The van der Waals surface area contributed by atoms with Crippen LogP contribution in [0.3, 0.4) is 0 Å². The number of hydrogen-bond donors (Lipinski definition) is 1. The minimum atomic E-state index is -0.158. The molecule has 1 aliphatic rings. The van der Waals surface area contributed by atoms with Crippen molar-refractivity contribution in [3.05, 3.63) is 53.9 Å². The fourth-order valence-corrected chi connectivity index (χ4v) is 3.23. The molecular formula is C21H24N4O3. The molecule has 1 N–H and O–H groups in total. The number of aromatic nitrogens is 1. The summed E-state index contributed by atoms with van der Waals surface area (Å²) in [6.45, 7) is 2.59. The van der Waals surface area contributed by atoms with Crippen LogP contribution in [-0.2, 0) is 11.3 Å². The Morgan fingerprint density at radius 3 is 2.79 bits per heavy atom. The van der Waals surface area contributed by atoms with Gasteiger partial charge in [-0.05, 0) is 37.1 Å². The number of methoxy groups -OCH3 is 1. The third-order valence-corrected chi connectivity index (χ3v) is 4.72. The van der Waals surface area contributed by atoms with Gasteiger partial charge in [-0.15, -0.1) is 0 Å². The first-order chi connectivity index (χ1) is 13.7. The van der Waals surface area contributed by atoms with Gasteiger partial charge in [-0.25, -0.2) is 0 Å². The van der Waals surface area contributed by atoms with Crippen molar-refractivity contribution in [1.82, 2.24) is 15.2 Å². The summed E-state index contributed by atoms with van der Waals surface area (Å²) < 4.78 is 10.8. The second-order valence-electron chi connectivity index (χ2n) is 6.71. The van der Waals surface area contributed by atoms with E-state index in [-0.39, 0.29) is 18.6 Å². The number of carbonyl (C=O) groups is 1. The number of benzene rings is 1. The first kappa shape index (κ1) is 19.6. The number of hydrogen-bond acceptors (Lipinski definition) is 6. The van der Waals surface area contributed by atoms with Crippen LogP contribution in [0, 0.1) is 11.3 Å². The molecule has 1 aliphatic heterocycles. The van der Waals surface area contributed by atoms with Crippen molar-refractivity contribution in [3.8, 4) is 17.6 Å². The normalized spacial score (nSPS) is 14.9.